The molecule has 0 spiro atoms. The zero-order valence-electron chi connectivity index (χ0n) is 26.5. The zero-order valence-corrected chi connectivity index (χ0v) is 29.0. The van der Waals surface area contributed by atoms with Gasteiger partial charge in [-0.3, -0.25) is 0 Å². The summed E-state index contributed by atoms with van der Waals surface area (Å²) in [5.41, 5.74) is 8.53. The van der Waals surface area contributed by atoms with Gasteiger partial charge in [-0.2, -0.15) is 18.2 Å². The maximum absolute atomic E-state index is 2.35. The summed E-state index contributed by atoms with van der Waals surface area (Å²) in [6.45, 7) is 17.9. The Balaban J connectivity index is 0.000000170. The van der Waals surface area contributed by atoms with Gasteiger partial charge in [0, 0.05) is 0 Å². The Kier molecular flexibility index (Phi) is 10.2. The van der Waals surface area contributed by atoms with Crippen molar-refractivity contribution in [3.05, 3.63) is 155 Å². The molecule has 0 N–H and O–H groups in total. The van der Waals surface area contributed by atoms with E-state index in [2.05, 4.69) is 146 Å². The molecule has 212 valence electrons. The standard InChI is InChI=1S/C21H25.C15H14.C5H5.Zr/c1-20(2,3)16-7-9-18-14(12-16)11-15-13-17(21(4,5)6)8-10-19(15)18;1-12-3-7-14(8-4-12)11-15-9-5-13(2)6-10-15;1-2-4-5-3-1;/h7-13H,1-6H3;3-10H,1-2H3;1-5H;/q-1;;-1;+2. The van der Waals surface area contributed by atoms with Crippen molar-refractivity contribution in [1.82, 2.24) is 0 Å². The second-order valence-electron chi connectivity index (χ2n) is 13.3. The Labute approximate surface area is 268 Å². The quantitative estimate of drug-likeness (QED) is 0.168. The van der Waals surface area contributed by atoms with Crippen molar-refractivity contribution in [2.75, 3.05) is 0 Å². The van der Waals surface area contributed by atoms with Crippen molar-refractivity contribution in [3.8, 4) is 0 Å². The third kappa shape index (κ3) is 8.23. The average Bonchev–Trinajstić information content (AvgIpc) is 3.64. The van der Waals surface area contributed by atoms with Crippen LogP contribution in [0.15, 0.2) is 121 Å². The summed E-state index contributed by atoms with van der Waals surface area (Å²) in [6.07, 6.45) is 0. The predicted octanol–water partition coefficient (Wildman–Crippen LogP) is 11.1. The summed E-state index contributed by atoms with van der Waals surface area (Å²) in [5.74, 6) is 0. The Morgan fingerprint density at radius 1 is 0.548 bits per heavy atom. The van der Waals surface area contributed by atoms with E-state index in [-0.39, 0.29) is 10.8 Å². The van der Waals surface area contributed by atoms with Gasteiger partial charge in [-0.15, -0.1) is 39.7 Å². The maximum Gasteiger partial charge on any atom is -0.172 e. The molecule has 0 saturated heterocycles. The molecule has 0 radical (unpaired) electrons. The van der Waals surface area contributed by atoms with Crippen molar-refractivity contribution < 1.29 is 24.2 Å². The summed E-state index contributed by atoms with van der Waals surface area (Å²) in [6, 6.07) is 43.7. The summed E-state index contributed by atoms with van der Waals surface area (Å²) in [5, 5.41) is 5.48. The van der Waals surface area contributed by atoms with Crippen LogP contribution in [-0.2, 0) is 35.1 Å². The molecule has 0 amide bonds. The van der Waals surface area contributed by atoms with Gasteiger partial charge in [-0.25, -0.2) is 12.1 Å². The fraction of sp³-hybridized carbons (Fsp3) is 0.244. The van der Waals surface area contributed by atoms with Crippen LogP contribution in [0.25, 0.3) is 21.5 Å². The van der Waals surface area contributed by atoms with Crippen LogP contribution < -0.4 is 0 Å². The summed E-state index contributed by atoms with van der Waals surface area (Å²) in [7, 11) is 0. The Hall–Kier alpha value is -3.15. The van der Waals surface area contributed by atoms with Gasteiger partial charge in [0.15, 0.2) is 0 Å². The first-order valence-corrected chi connectivity index (χ1v) is 16.1. The van der Waals surface area contributed by atoms with E-state index >= 15 is 0 Å². The molecule has 0 aromatic heterocycles. The minimum Gasteiger partial charge on any atom is -0.214 e. The van der Waals surface area contributed by atoms with Gasteiger partial charge in [0.05, 0.1) is 0 Å². The van der Waals surface area contributed by atoms with Crippen molar-refractivity contribution in [3.63, 3.8) is 0 Å². The van der Waals surface area contributed by atoms with Crippen LogP contribution in [-0.4, -0.2) is 3.21 Å². The number of aryl methyl sites for hydroxylation is 2. The van der Waals surface area contributed by atoms with Crippen LogP contribution >= 0.6 is 0 Å². The number of hydrogen-bond acceptors (Lipinski definition) is 0. The van der Waals surface area contributed by atoms with Gasteiger partial charge in [0.2, 0.25) is 0 Å². The molecule has 0 saturated carbocycles. The normalized spacial score (nSPS) is 11.5. The molecule has 0 fully saturated rings. The van der Waals surface area contributed by atoms with Crippen LogP contribution in [0.4, 0.5) is 0 Å². The average molecular weight is 628 g/mol. The monoisotopic (exact) mass is 626 g/mol. The minimum atomic E-state index is 0.203. The van der Waals surface area contributed by atoms with Gasteiger partial charge in [0.25, 0.3) is 0 Å². The summed E-state index contributed by atoms with van der Waals surface area (Å²) >= 11 is 1.46. The second-order valence-corrected chi connectivity index (χ2v) is 14.5. The van der Waals surface area contributed by atoms with Crippen LogP contribution in [0.2, 0.25) is 0 Å². The number of fused-ring (bicyclic) bond motifs is 3. The third-order valence-electron chi connectivity index (χ3n) is 7.67. The van der Waals surface area contributed by atoms with E-state index in [9.17, 15) is 0 Å². The topological polar surface area (TPSA) is 0 Å². The first-order valence-electron chi connectivity index (χ1n) is 14.9. The first kappa shape index (κ1) is 31.8. The fourth-order valence-electron chi connectivity index (χ4n) is 4.88. The van der Waals surface area contributed by atoms with Gasteiger partial charge in [-0.1, -0.05) is 76.9 Å². The molecule has 0 bridgehead atoms. The Morgan fingerprint density at radius 3 is 1.24 bits per heavy atom. The van der Waals surface area contributed by atoms with Crippen molar-refractivity contribution >= 4 is 24.8 Å². The molecule has 6 aromatic carbocycles. The van der Waals surface area contributed by atoms with Gasteiger partial charge >= 0.3 is 112 Å². The largest absolute Gasteiger partial charge is 0.214 e. The van der Waals surface area contributed by atoms with Crippen LogP contribution in [0.1, 0.15) is 74.9 Å². The SMILES string of the molecule is CC(C)(C)c1ccc2c(c1)[cH-]c1cc(C(C)(C)C)ccc12.Cc1ccc([C](=[Zr+2])c2ccc(C)cc2)cc1.c1cc[cH-]c1. The van der Waals surface area contributed by atoms with Crippen LogP contribution in [0.5, 0.6) is 0 Å². The Bertz CT molecular complexity index is 1590. The molecule has 1 heteroatoms. The van der Waals surface area contributed by atoms with Gasteiger partial charge < -0.3 is 0 Å². The van der Waals surface area contributed by atoms with E-state index in [1.54, 1.807) is 0 Å². The molecule has 6 rings (SSSR count). The molecule has 42 heavy (non-hydrogen) atoms. The zero-order chi connectivity index (χ0) is 30.5. The van der Waals surface area contributed by atoms with Crippen LogP contribution in [0.3, 0.4) is 0 Å². The van der Waals surface area contributed by atoms with E-state index in [4.69, 9.17) is 0 Å². The van der Waals surface area contributed by atoms with E-state index in [0.717, 1.165) is 0 Å². The van der Waals surface area contributed by atoms with Gasteiger partial charge in [-0.05, 0) is 10.8 Å². The molecule has 0 heterocycles. The minimum absolute atomic E-state index is 0.203. The van der Waals surface area contributed by atoms with E-state index in [1.165, 1.54) is 82.4 Å². The molecule has 0 nitrogen and oxygen atoms in total. The molecule has 0 aliphatic carbocycles. The van der Waals surface area contributed by atoms with E-state index in [0.29, 0.717) is 0 Å². The fourth-order valence-corrected chi connectivity index (χ4v) is 5.70. The maximum atomic E-state index is 2.35. The number of rotatable bonds is 2. The number of hydrogen-bond donors (Lipinski definition) is 0. The molecule has 6 aromatic rings. The molecule has 0 unspecified atom stereocenters. The van der Waals surface area contributed by atoms with E-state index in [1.807, 2.05) is 30.3 Å². The smallest absolute Gasteiger partial charge is 0.172 e. The third-order valence-corrected chi connectivity index (χ3v) is 9.09. The van der Waals surface area contributed by atoms with Gasteiger partial charge in [0.1, 0.15) is 0 Å². The van der Waals surface area contributed by atoms with Crippen molar-refractivity contribution in [2.45, 2.75) is 66.2 Å². The molecule has 0 aliphatic rings. The molecule has 0 atom stereocenters. The second kappa shape index (κ2) is 13.4. The summed E-state index contributed by atoms with van der Waals surface area (Å²) in [4.78, 5) is 0. The van der Waals surface area contributed by atoms with Crippen molar-refractivity contribution in [2.24, 2.45) is 0 Å². The number of benzene rings is 4. The van der Waals surface area contributed by atoms with E-state index < -0.39 is 0 Å². The molecule has 0 aliphatic heterocycles. The predicted molar refractivity (Wildman–Crippen MR) is 182 cm³/mol. The van der Waals surface area contributed by atoms with Crippen LogP contribution in [0, 0.1) is 13.8 Å². The molecular weight excluding hydrogens is 584 g/mol. The summed E-state index contributed by atoms with van der Waals surface area (Å²) < 4.78 is 1.42. The first-order chi connectivity index (χ1) is 19.8. The molecular formula is C41H44Zr. The van der Waals surface area contributed by atoms with Crippen molar-refractivity contribution in [1.29, 1.82) is 0 Å². The Morgan fingerprint density at radius 2 is 0.929 bits per heavy atom.